The molecule has 3 N–H and O–H groups in total. The minimum Gasteiger partial charge on any atom is -0.475 e. The molecule has 0 bridgehead atoms. The summed E-state index contributed by atoms with van der Waals surface area (Å²) in [6.07, 6.45) is 1.41. The number of rotatable bonds is 4. The molecule has 4 rings (SSSR count). The van der Waals surface area contributed by atoms with Crippen LogP contribution >= 0.6 is 0 Å². The second-order valence-electron chi connectivity index (χ2n) is 5.23. The first-order chi connectivity index (χ1) is 12.1. The standard InChI is InChI=1S/C17H11N3O5/c21-16(13-2-1-7-24-13)18-15-10-8-9(3-4-11(10)19-20-15)12-5-6-14(25-12)17(22)23/h1-8H,(H,22,23)(H2,18,19,20,21). The Kier molecular flexibility index (Phi) is 3.35. The van der Waals surface area contributed by atoms with Gasteiger partial charge in [-0.05, 0) is 42.5 Å². The lowest BCUT2D eigenvalue weighted by atomic mass is 10.1. The number of aromatic nitrogens is 2. The van der Waals surface area contributed by atoms with Crippen LogP contribution in [-0.2, 0) is 0 Å². The number of benzene rings is 1. The van der Waals surface area contributed by atoms with E-state index < -0.39 is 11.9 Å². The summed E-state index contributed by atoms with van der Waals surface area (Å²) in [7, 11) is 0. The van der Waals surface area contributed by atoms with Crippen LogP contribution in [-0.4, -0.2) is 27.2 Å². The number of aromatic amines is 1. The number of carbonyl (C=O) groups is 2. The van der Waals surface area contributed by atoms with E-state index in [2.05, 4.69) is 15.5 Å². The number of amides is 1. The maximum absolute atomic E-state index is 12.1. The third-order valence-corrected chi connectivity index (χ3v) is 3.64. The number of anilines is 1. The smallest absolute Gasteiger partial charge is 0.371 e. The van der Waals surface area contributed by atoms with Gasteiger partial charge in [0, 0.05) is 10.9 Å². The minimum atomic E-state index is -1.14. The number of carboxylic acid groups (broad SMARTS) is 1. The SMILES string of the molecule is O=C(O)c1ccc(-c2ccc3[nH]nc(NC(=O)c4ccco4)c3c2)o1. The topological polar surface area (TPSA) is 121 Å². The van der Waals surface area contributed by atoms with E-state index in [0.29, 0.717) is 28.0 Å². The number of fused-ring (bicyclic) bond motifs is 1. The van der Waals surface area contributed by atoms with E-state index in [1.165, 1.54) is 12.3 Å². The van der Waals surface area contributed by atoms with Gasteiger partial charge in [-0.3, -0.25) is 9.89 Å². The molecule has 0 atom stereocenters. The molecule has 3 aromatic heterocycles. The fourth-order valence-electron chi connectivity index (χ4n) is 2.45. The Bertz CT molecular complexity index is 1080. The third-order valence-electron chi connectivity index (χ3n) is 3.64. The molecule has 0 saturated carbocycles. The second kappa shape index (κ2) is 5.68. The zero-order valence-electron chi connectivity index (χ0n) is 12.6. The molecule has 4 aromatic rings. The molecule has 0 radical (unpaired) electrons. The van der Waals surface area contributed by atoms with Crippen LogP contribution in [0.3, 0.4) is 0 Å². The molecule has 8 heteroatoms. The predicted molar refractivity (Wildman–Crippen MR) is 87.4 cm³/mol. The lowest BCUT2D eigenvalue weighted by molar-refractivity contribution is 0.0663. The summed E-state index contributed by atoms with van der Waals surface area (Å²) in [6, 6.07) is 11.4. The third kappa shape index (κ3) is 2.65. The average Bonchev–Trinajstić information content (AvgIpc) is 3.35. The average molecular weight is 337 g/mol. The monoisotopic (exact) mass is 337 g/mol. The van der Waals surface area contributed by atoms with Crippen molar-refractivity contribution in [1.29, 1.82) is 0 Å². The number of H-pyrrole nitrogens is 1. The number of hydrogen-bond acceptors (Lipinski definition) is 5. The number of carbonyl (C=O) groups excluding carboxylic acids is 1. The molecule has 124 valence electrons. The van der Waals surface area contributed by atoms with Gasteiger partial charge in [-0.25, -0.2) is 4.79 Å². The van der Waals surface area contributed by atoms with E-state index in [-0.39, 0.29) is 11.5 Å². The largest absolute Gasteiger partial charge is 0.475 e. The van der Waals surface area contributed by atoms with Crippen molar-refractivity contribution in [3.05, 3.63) is 60.2 Å². The molecule has 0 fully saturated rings. The van der Waals surface area contributed by atoms with Crippen molar-refractivity contribution in [1.82, 2.24) is 10.2 Å². The molecule has 1 aromatic carbocycles. The first-order valence-corrected chi connectivity index (χ1v) is 7.28. The van der Waals surface area contributed by atoms with Crippen molar-refractivity contribution in [2.24, 2.45) is 0 Å². The van der Waals surface area contributed by atoms with Crippen LogP contribution in [0, 0.1) is 0 Å². The van der Waals surface area contributed by atoms with Crippen LogP contribution in [0.5, 0.6) is 0 Å². The van der Waals surface area contributed by atoms with E-state index in [1.54, 1.807) is 36.4 Å². The van der Waals surface area contributed by atoms with Crippen molar-refractivity contribution < 1.29 is 23.5 Å². The highest BCUT2D eigenvalue weighted by atomic mass is 16.4. The summed E-state index contributed by atoms with van der Waals surface area (Å²) in [6.45, 7) is 0. The molecular formula is C17H11N3O5. The number of aromatic carboxylic acids is 1. The first kappa shape index (κ1) is 14.8. The number of nitrogens with one attached hydrogen (secondary N) is 2. The molecule has 0 aliphatic heterocycles. The summed E-state index contributed by atoms with van der Waals surface area (Å²) < 4.78 is 10.4. The summed E-state index contributed by atoms with van der Waals surface area (Å²) in [4.78, 5) is 23.0. The van der Waals surface area contributed by atoms with Gasteiger partial charge in [0.05, 0.1) is 11.8 Å². The van der Waals surface area contributed by atoms with Gasteiger partial charge in [-0.1, -0.05) is 0 Å². The fourth-order valence-corrected chi connectivity index (χ4v) is 2.45. The summed E-state index contributed by atoms with van der Waals surface area (Å²) in [5, 5.41) is 19.2. The summed E-state index contributed by atoms with van der Waals surface area (Å²) in [5.74, 6) is -0.790. The molecule has 25 heavy (non-hydrogen) atoms. The Balaban J connectivity index is 1.69. The normalized spacial score (nSPS) is 10.9. The van der Waals surface area contributed by atoms with Crippen LogP contribution in [0.25, 0.3) is 22.2 Å². The number of nitrogens with zero attached hydrogens (tertiary/aromatic N) is 1. The molecule has 1 amide bonds. The fraction of sp³-hybridized carbons (Fsp3) is 0. The first-order valence-electron chi connectivity index (χ1n) is 7.28. The van der Waals surface area contributed by atoms with Crippen LogP contribution in [0.4, 0.5) is 5.82 Å². The van der Waals surface area contributed by atoms with Crippen LogP contribution in [0.15, 0.2) is 57.6 Å². The van der Waals surface area contributed by atoms with Crippen LogP contribution < -0.4 is 5.32 Å². The van der Waals surface area contributed by atoms with E-state index in [1.807, 2.05) is 0 Å². The van der Waals surface area contributed by atoms with Gasteiger partial charge in [0.1, 0.15) is 5.76 Å². The molecular weight excluding hydrogens is 326 g/mol. The Morgan fingerprint density at radius 2 is 2.00 bits per heavy atom. The lowest BCUT2D eigenvalue weighted by Crippen LogP contribution is -2.11. The number of hydrogen-bond donors (Lipinski definition) is 3. The van der Waals surface area contributed by atoms with Gasteiger partial charge in [0.2, 0.25) is 5.76 Å². The van der Waals surface area contributed by atoms with Crippen LogP contribution in [0.1, 0.15) is 21.1 Å². The minimum absolute atomic E-state index is 0.145. The molecule has 0 unspecified atom stereocenters. The molecule has 0 aliphatic carbocycles. The van der Waals surface area contributed by atoms with Gasteiger partial charge in [-0.2, -0.15) is 5.10 Å². The second-order valence-corrected chi connectivity index (χ2v) is 5.23. The molecule has 0 saturated heterocycles. The Labute approximate surface area is 140 Å². The lowest BCUT2D eigenvalue weighted by Gasteiger charge is -2.01. The highest BCUT2D eigenvalue weighted by Gasteiger charge is 2.15. The highest BCUT2D eigenvalue weighted by Crippen LogP contribution is 2.29. The van der Waals surface area contributed by atoms with E-state index >= 15 is 0 Å². The molecule has 0 spiro atoms. The number of furan rings is 2. The zero-order chi connectivity index (χ0) is 17.4. The van der Waals surface area contributed by atoms with Crippen LogP contribution in [0.2, 0.25) is 0 Å². The Hall–Kier alpha value is -3.81. The van der Waals surface area contributed by atoms with E-state index in [0.717, 1.165) is 0 Å². The zero-order valence-corrected chi connectivity index (χ0v) is 12.6. The molecule has 8 nitrogen and oxygen atoms in total. The van der Waals surface area contributed by atoms with Crippen molar-refractivity contribution in [2.75, 3.05) is 5.32 Å². The van der Waals surface area contributed by atoms with E-state index in [9.17, 15) is 9.59 Å². The van der Waals surface area contributed by atoms with Crippen molar-refractivity contribution in [2.45, 2.75) is 0 Å². The maximum Gasteiger partial charge on any atom is 0.371 e. The Morgan fingerprint density at radius 3 is 2.72 bits per heavy atom. The van der Waals surface area contributed by atoms with Gasteiger partial charge in [0.25, 0.3) is 5.91 Å². The van der Waals surface area contributed by atoms with Crippen molar-refractivity contribution in [3.8, 4) is 11.3 Å². The summed E-state index contributed by atoms with van der Waals surface area (Å²) >= 11 is 0. The summed E-state index contributed by atoms with van der Waals surface area (Å²) in [5.41, 5.74) is 1.37. The highest BCUT2D eigenvalue weighted by molar-refractivity contribution is 6.06. The molecule has 3 heterocycles. The van der Waals surface area contributed by atoms with Gasteiger partial charge in [-0.15, -0.1) is 0 Å². The predicted octanol–water partition coefficient (Wildman–Crippen LogP) is 3.37. The van der Waals surface area contributed by atoms with Crippen molar-refractivity contribution in [3.63, 3.8) is 0 Å². The molecule has 0 aliphatic rings. The van der Waals surface area contributed by atoms with Crippen molar-refractivity contribution >= 4 is 28.6 Å². The van der Waals surface area contributed by atoms with Gasteiger partial charge < -0.3 is 19.3 Å². The Morgan fingerprint density at radius 1 is 1.12 bits per heavy atom. The van der Waals surface area contributed by atoms with Gasteiger partial charge >= 0.3 is 5.97 Å². The number of carboxylic acids is 1. The van der Waals surface area contributed by atoms with E-state index in [4.69, 9.17) is 13.9 Å². The maximum atomic E-state index is 12.1. The van der Waals surface area contributed by atoms with Gasteiger partial charge in [0.15, 0.2) is 11.6 Å². The quantitative estimate of drug-likeness (QED) is 0.525.